The minimum Gasteiger partial charge on any atom is -0.306 e. The standard InChI is InChI=1S/C18H21N/c1-14-6-5-9-17(12-14)18(19-13-15-10-11-15)16-7-3-2-4-8-16/h2-9,12,15,18-19H,10-11,13H2,1H3. The molecule has 0 bridgehead atoms. The third-order valence-corrected chi connectivity index (χ3v) is 3.82. The average Bonchev–Trinajstić information content (AvgIpc) is 3.25. The van der Waals surface area contributed by atoms with E-state index in [0.717, 1.165) is 12.5 Å². The van der Waals surface area contributed by atoms with Gasteiger partial charge in [0.1, 0.15) is 0 Å². The lowest BCUT2D eigenvalue weighted by Crippen LogP contribution is -2.24. The molecule has 1 aliphatic rings. The van der Waals surface area contributed by atoms with Gasteiger partial charge in [-0.15, -0.1) is 0 Å². The van der Waals surface area contributed by atoms with Gasteiger partial charge in [0.05, 0.1) is 6.04 Å². The molecule has 1 atom stereocenters. The number of hydrogen-bond donors (Lipinski definition) is 1. The zero-order valence-electron chi connectivity index (χ0n) is 11.5. The highest BCUT2D eigenvalue weighted by atomic mass is 14.9. The molecule has 0 radical (unpaired) electrons. The molecule has 2 aromatic rings. The Morgan fingerprint density at radius 2 is 1.74 bits per heavy atom. The zero-order valence-corrected chi connectivity index (χ0v) is 11.5. The maximum absolute atomic E-state index is 3.74. The second-order valence-corrected chi connectivity index (χ2v) is 5.61. The monoisotopic (exact) mass is 251 g/mol. The van der Waals surface area contributed by atoms with Crippen LogP contribution in [0.3, 0.4) is 0 Å². The van der Waals surface area contributed by atoms with Crippen LogP contribution in [0.15, 0.2) is 54.6 Å². The Morgan fingerprint density at radius 3 is 2.42 bits per heavy atom. The van der Waals surface area contributed by atoms with Gasteiger partial charge < -0.3 is 5.32 Å². The van der Waals surface area contributed by atoms with Crippen molar-refractivity contribution in [1.82, 2.24) is 5.32 Å². The van der Waals surface area contributed by atoms with Gasteiger partial charge in [-0.1, -0.05) is 60.2 Å². The number of nitrogens with one attached hydrogen (secondary N) is 1. The molecule has 0 aliphatic heterocycles. The first-order chi connectivity index (χ1) is 9.33. The minimum absolute atomic E-state index is 0.321. The molecule has 1 nitrogen and oxygen atoms in total. The Kier molecular flexibility index (Phi) is 3.65. The SMILES string of the molecule is Cc1cccc(C(NCC2CC2)c2ccccc2)c1. The summed E-state index contributed by atoms with van der Waals surface area (Å²) < 4.78 is 0. The lowest BCUT2D eigenvalue weighted by molar-refractivity contribution is 0.573. The molecule has 2 aromatic carbocycles. The van der Waals surface area contributed by atoms with Crippen molar-refractivity contribution in [2.45, 2.75) is 25.8 Å². The zero-order chi connectivity index (χ0) is 13.1. The van der Waals surface area contributed by atoms with Crippen LogP contribution in [0.2, 0.25) is 0 Å². The van der Waals surface area contributed by atoms with E-state index in [1.807, 2.05) is 0 Å². The molecule has 1 aliphatic carbocycles. The summed E-state index contributed by atoms with van der Waals surface area (Å²) in [6, 6.07) is 19.9. The van der Waals surface area contributed by atoms with Crippen LogP contribution in [0, 0.1) is 12.8 Å². The molecule has 0 saturated heterocycles. The van der Waals surface area contributed by atoms with Crippen molar-refractivity contribution >= 4 is 0 Å². The molecular weight excluding hydrogens is 230 g/mol. The smallest absolute Gasteiger partial charge is 0.0576 e. The van der Waals surface area contributed by atoms with Crippen LogP contribution < -0.4 is 5.32 Å². The Hall–Kier alpha value is -1.60. The summed E-state index contributed by atoms with van der Waals surface area (Å²) in [5.41, 5.74) is 4.05. The Labute approximate surface area is 115 Å². The van der Waals surface area contributed by atoms with Crippen molar-refractivity contribution in [3.8, 4) is 0 Å². The summed E-state index contributed by atoms with van der Waals surface area (Å²) in [5, 5.41) is 3.74. The number of hydrogen-bond acceptors (Lipinski definition) is 1. The van der Waals surface area contributed by atoms with E-state index in [4.69, 9.17) is 0 Å². The van der Waals surface area contributed by atoms with Crippen molar-refractivity contribution in [2.24, 2.45) is 5.92 Å². The second kappa shape index (κ2) is 5.58. The van der Waals surface area contributed by atoms with E-state index in [2.05, 4.69) is 66.8 Å². The largest absolute Gasteiger partial charge is 0.306 e. The highest BCUT2D eigenvalue weighted by Crippen LogP contribution is 2.30. The third-order valence-electron chi connectivity index (χ3n) is 3.82. The van der Waals surface area contributed by atoms with Gasteiger partial charge in [0.25, 0.3) is 0 Å². The van der Waals surface area contributed by atoms with Crippen LogP contribution >= 0.6 is 0 Å². The molecule has 3 rings (SSSR count). The molecular formula is C18H21N. The molecule has 98 valence electrons. The number of rotatable bonds is 5. The summed E-state index contributed by atoms with van der Waals surface area (Å²) in [6.07, 6.45) is 2.78. The van der Waals surface area contributed by atoms with Crippen LogP contribution in [0.4, 0.5) is 0 Å². The highest BCUT2D eigenvalue weighted by molar-refractivity contribution is 5.33. The molecule has 0 amide bonds. The maximum Gasteiger partial charge on any atom is 0.0576 e. The second-order valence-electron chi connectivity index (χ2n) is 5.61. The molecule has 0 heterocycles. The van der Waals surface area contributed by atoms with Gasteiger partial charge in [0.2, 0.25) is 0 Å². The lowest BCUT2D eigenvalue weighted by Gasteiger charge is -2.20. The fourth-order valence-electron chi connectivity index (χ4n) is 2.53. The summed E-state index contributed by atoms with van der Waals surface area (Å²) in [7, 11) is 0. The number of benzene rings is 2. The molecule has 0 spiro atoms. The first-order valence-corrected chi connectivity index (χ1v) is 7.18. The Balaban J connectivity index is 1.86. The topological polar surface area (TPSA) is 12.0 Å². The average molecular weight is 251 g/mol. The van der Waals surface area contributed by atoms with Gasteiger partial charge in [-0.2, -0.15) is 0 Å². The van der Waals surface area contributed by atoms with E-state index < -0.39 is 0 Å². The van der Waals surface area contributed by atoms with Gasteiger partial charge in [-0.05, 0) is 43.4 Å². The van der Waals surface area contributed by atoms with Crippen LogP contribution in [-0.4, -0.2) is 6.54 Å². The van der Waals surface area contributed by atoms with Crippen LogP contribution in [0.5, 0.6) is 0 Å². The predicted octanol–water partition coefficient (Wildman–Crippen LogP) is 4.08. The first kappa shape index (κ1) is 12.4. The summed E-state index contributed by atoms with van der Waals surface area (Å²) >= 11 is 0. The molecule has 1 unspecified atom stereocenters. The van der Waals surface area contributed by atoms with E-state index in [0.29, 0.717) is 6.04 Å². The van der Waals surface area contributed by atoms with Gasteiger partial charge in [0, 0.05) is 0 Å². The molecule has 0 aromatic heterocycles. The van der Waals surface area contributed by atoms with Crippen LogP contribution in [0.25, 0.3) is 0 Å². The van der Waals surface area contributed by atoms with E-state index in [9.17, 15) is 0 Å². The van der Waals surface area contributed by atoms with Crippen molar-refractivity contribution in [3.05, 3.63) is 71.3 Å². The van der Waals surface area contributed by atoms with Crippen molar-refractivity contribution in [2.75, 3.05) is 6.54 Å². The molecule has 1 N–H and O–H groups in total. The van der Waals surface area contributed by atoms with Gasteiger partial charge in [-0.3, -0.25) is 0 Å². The van der Waals surface area contributed by atoms with E-state index in [1.165, 1.54) is 29.5 Å². The van der Waals surface area contributed by atoms with Crippen molar-refractivity contribution < 1.29 is 0 Å². The van der Waals surface area contributed by atoms with Gasteiger partial charge >= 0.3 is 0 Å². The Morgan fingerprint density at radius 1 is 1.00 bits per heavy atom. The van der Waals surface area contributed by atoms with E-state index in [-0.39, 0.29) is 0 Å². The van der Waals surface area contributed by atoms with Crippen molar-refractivity contribution in [1.29, 1.82) is 0 Å². The fourth-order valence-corrected chi connectivity index (χ4v) is 2.53. The van der Waals surface area contributed by atoms with E-state index >= 15 is 0 Å². The van der Waals surface area contributed by atoms with Gasteiger partial charge in [-0.25, -0.2) is 0 Å². The summed E-state index contributed by atoms with van der Waals surface area (Å²) in [6.45, 7) is 3.29. The molecule has 1 fully saturated rings. The first-order valence-electron chi connectivity index (χ1n) is 7.18. The molecule has 1 heteroatoms. The van der Waals surface area contributed by atoms with Crippen LogP contribution in [0.1, 0.15) is 35.6 Å². The Bertz CT molecular complexity index is 528. The molecule has 1 saturated carbocycles. The van der Waals surface area contributed by atoms with E-state index in [1.54, 1.807) is 0 Å². The highest BCUT2D eigenvalue weighted by Gasteiger charge is 2.23. The van der Waals surface area contributed by atoms with Gasteiger partial charge in [0.15, 0.2) is 0 Å². The normalized spacial score (nSPS) is 16.3. The minimum atomic E-state index is 0.321. The number of aryl methyl sites for hydroxylation is 1. The van der Waals surface area contributed by atoms with Crippen molar-refractivity contribution in [3.63, 3.8) is 0 Å². The van der Waals surface area contributed by atoms with Crippen LogP contribution in [-0.2, 0) is 0 Å². The summed E-state index contributed by atoms with van der Waals surface area (Å²) in [5.74, 6) is 0.899. The third kappa shape index (κ3) is 3.24. The quantitative estimate of drug-likeness (QED) is 0.844. The lowest BCUT2D eigenvalue weighted by atomic mass is 9.97. The maximum atomic E-state index is 3.74. The fraction of sp³-hybridized carbons (Fsp3) is 0.333. The molecule has 19 heavy (non-hydrogen) atoms. The predicted molar refractivity (Wildman–Crippen MR) is 80.2 cm³/mol. The summed E-state index contributed by atoms with van der Waals surface area (Å²) in [4.78, 5) is 0.